The topological polar surface area (TPSA) is 21.3 Å². The zero-order valence-electron chi connectivity index (χ0n) is 12.5. The normalized spacial score (nSPS) is 18.0. The van der Waals surface area contributed by atoms with Crippen LogP contribution in [-0.2, 0) is 11.2 Å². The van der Waals surface area contributed by atoms with Gasteiger partial charge in [-0.25, -0.2) is 0 Å². The lowest BCUT2D eigenvalue weighted by molar-refractivity contribution is 0.0759. The van der Waals surface area contributed by atoms with Crippen molar-refractivity contribution in [2.75, 3.05) is 13.2 Å². The highest BCUT2D eigenvalue weighted by atomic mass is 16.5. The minimum atomic E-state index is 0.359. The molecule has 0 fully saturated rings. The second-order valence-electron chi connectivity index (χ2n) is 5.87. The van der Waals surface area contributed by atoms with E-state index < -0.39 is 0 Å². The van der Waals surface area contributed by atoms with Gasteiger partial charge in [0.15, 0.2) is 0 Å². The molecule has 1 unspecified atom stereocenters. The Bertz CT molecular complexity index is 400. The van der Waals surface area contributed by atoms with Crippen LogP contribution in [0.3, 0.4) is 0 Å². The van der Waals surface area contributed by atoms with Gasteiger partial charge in [-0.3, -0.25) is 0 Å². The van der Waals surface area contributed by atoms with Gasteiger partial charge in [-0.15, -0.1) is 0 Å². The second kappa shape index (κ2) is 7.06. The van der Waals surface area contributed by atoms with Gasteiger partial charge < -0.3 is 10.1 Å². The van der Waals surface area contributed by atoms with E-state index >= 15 is 0 Å². The lowest BCUT2D eigenvalue weighted by atomic mass is 10.0. The molecule has 106 valence electrons. The van der Waals surface area contributed by atoms with Crippen molar-refractivity contribution >= 4 is 0 Å². The molecule has 0 radical (unpaired) electrons. The molecule has 0 amide bonds. The molecule has 0 bridgehead atoms. The summed E-state index contributed by atoms with van der Waals surface area (Å²) in [5.74, 6) is 0. The largest absolute Gasteiger partial charge is 0.379 e. The molecule has 1 N–H and O–H groups in total. The van der Waals surface area contributed by atoms with Gasteiger partial charge in [0, 0.05) is 12.6 Å². The lowest BCUT2D eigenvalue weighted by Crippen LogP contribution is -2.21. The Labute approximate surface area is 117 Å². The fourth-order valence-electron chi connectivity index (χ4n) is 2.76. The van der Waals surface area contributed by atoms with Crippen molar-refractivity contribution in [3.05, 3.63) is 34.9 Å². The van der Waals surface area contributed by atoms with Gasteiger partial charge in [0.25, 0.3) is 0 Å². The molecule has 19 heavy (non-hydrogen) atoms. The molecule has 1 aliphatic rings. The zero-order chi connectivity index (χ0) is 13.7. The maximum atomic E-state index is 5.56. The Hall–Kier alpha value is -0.860. The number of hydrogen-bond donors (Lipinski definition) is 1. The summed E-state index contributed by atoms with van der Waals surface area (Å²) >= 11 is 0. The first-order valence-electron chi connectivity index (χ1n) is 7.61. The van der Waals surface area contributed by atoms with Crippen LogP contribution in [0, 0.1) is 6.92 Å². The smallest absolute Gasteiger partial charge is 0.0518 e. The SMILES string of the molecule is Cc1ccc2c(c1)C(NCCCCOC(C)C)CC2. The van der Waals surface area contributed by atoms with Crippen molar-refractivity contribution in [2.24, 2.45) is 0 Å². The molecule has 2 heteroatoms. The molecule has 1 aliphatic carbocycles. The van der Waals surface area contributed by atoms with Crippen molar-refractivity contribution in [3.63, 3.8) is 0 Å². The Morgan fingerprint density at radius 2 is 2.16 bits per heavy atom. The Morgan fingerprint density at radius 3 is 2.95 bits per heavy atom. The molecule has 0 saturated carbocycles. The molecule has 1 aromatic carbocycles. The molecule has 0 heterocycles. The van der Waals surface area contributed by atoms with Crippen LogP contribution >= 0.6 is 0 Å². The number of benzene rings is 1. The predicted molar refractivity (Wildman–Crippen MR) is 80.6 cm³/mol. The monoisotopic (exact) mass is 261 g/mol. The van der Waals surface area contributed by atoms with Crippen LogP contribution in [0.5, 0.6) is 0 Å². The van der Waals surface area contributed by atoms with Gasteiger partial charge >= 0.3 is 0 Å². The van der Waals surface area contributed by atoms with Gasteiger partial charge in [-0.2, -0.15) is 0 Å². The molecule has 2 nitrogen and oxygen atoms in total. The number of nitrogens with one attached hydrogen (secondary N) is 1. The summed E-state index contributed by atoms with van der Waals surface area (Å²) in [4.78, 5) is 0. The maximum Gasteiger partial charge on any atom is 0.0518 e. The fraction of sp³-hybridized carbons (Fsp3) is 0.647. The maximum absolute atomic E-state index is 5.56. The summed E-state index contributed by atoms with van der Waals surface area (Å²) in [5.41, 5.74) is 4.43. The van der Waals surface area contributed by atoms with E-state index in [1.165, 1.54) is 36.0 Å². The summed E-state index contributed by atoms with van der Waals surface area (Å²) in [6.45, 7) is 8.35. The van der Waals surface area contributed by atoms with Crippen LogP contribution in [0.25, 0.3) is 0 Å². The average molecular weight is 261 g/mol. The number of fused-ring (bicyclic) bond motifs is 1. The number of rotatable bonds is 7. The summed E-state index contributed by atoms with van der Waals surface area (Å²) < 4.78 is 5.56. The van der Waals surface area contributed by atoms with Gasteiger partial charge in [-0.05, 0) is 64.1 Å². The van der Waals surface area contributed by atoms with Gasteiger partial charge in [0.2, 0.25) is 0 Å². The Balaban J connectivity index is 1.70. The molecule has 1 atom stereocenters. The number of ether oxygens (including phenoxy) is 1. The second-order valence-corrected chi connectivity index (χ2v) is 5.87. The van der Waals surface area contributed by atoms with Crippen LogP contribution in [0.15, 0.2) is 18.2 Å². The molecule has 0 aromatic heterocycles. The van der Waals surface area contributed by atoms with E-state index in [0.717, 1.165) is 19.6 Å². The summed E-state index contributed by atoms with van der Waals surface area (Å²) in [7, 11) is 0. The van der Waals surface area contributed by atoms with Gasteiger partial charge in [0.1, 0.15) is 0 Å². The molecule has 0 spiro atoms. The number of hydrogen-bond acceptors (Lipinski definition) is 2. The standard InChI is InChI=1S/C17H27NO/c1-13(2)19-11-5-4-10-18-17-9-8-15-7-6-14(3)12-16(15)17/h6-7,12-13,17-18H,4-5,8-11H2,1-3H3. The summed E-state index contributed by atoms with van der Waals surface area (Å²) in [5, 5.41) is 3.70. The Kier molecular flexibility index (Phi) is 5.41. The van der Waals surface area contributed by atoms with Crippen LogP contribution in [0.4, 0.5) is 0 Å². The van der Waals surface area contributed by atoms with Crippen LogP contribution in [0.2, 0.25) is 0 Å². The first-order valence-corrected chi connectivity index (χ1v) is 7.61. The third-order valence-electron chi connectivity index (χ3n) is 3.79. The van der Waals surface area contributed by atoms with E-state index in [1.54, 1.807) is 0 Å². The average Bonchev–Trinajstić information content (AvgIpc) is 2.76. The highest BCUT2D eigenvalue weighted by Crippen LogP contribution is 2.31. The van der Waals surface area contributed by atoms with Crippen LogP contribution in [0.1, 0.15) is 55.8 Å². The lowest BCUT2D eigenvalue weighted by Gasteiger charge is -2.14. The van der Waals surface area contributed by atoms with E-state index in [1.807, 2.05) is 0 Å². The predicted octanol–water partition coefficient (Wildman–Crippen LogP) is 3.78. The van der Waals surface area contributed by atoms with Crippen molar-refractivity contribution in [2.45, 2.75) is 58.6 Å². The molecule has 0 aliphatic heterocycles. The Morgan fingerprint density at radius 1 is 1.32 bits per heavy atom. The first-order chi connectivity index (χ1) is 9.16. The first kappa shape index (κ1) is 14.5. The van der Waals surface area contributed by atoms with Gasteiger partial charge in [0.05, 0.1) is 6.10 Å². The van der Waals surface area contributed by atoms with E-state index in [0.29, 0.717) is 12.1 Å². The third-order valence-corrected chi connectivity index (χ3v) is 3.79. The van der Waals surface area contributed by atoms with E-state index in [9.17, 15) is 0 Å². The quantitative estimate of drug-likeness (QED) is 0.754. The third kappa shape index (κ3) is 4.32. The highest BCUT2D eigenvalue weighted by Gasteiger charge is 2.21. The molecule has 0 saturated heterocycles. The van der Waals surface area contributed by atoms with Crippen molar-refractivity contribution in [3.8, 4) is 0 Å². The van der Waals surface area contributed by atoms with Gasteiger partial charge in [-0.1, -0.05) is 23.8 Å². The van der Waals surface area contributed by atoms with Crippen molar-refractivity contribution in [1.29, 1.82) is 0 Å². The minimum absolute atomic E-state index is 0.359. The number of unbranched alkanes of at least 4 members (excludes halogenated alkanes) is 1. The van der Waals surface area contributed by atoms with Crippen LogP contribution in [-0.4, -0.2) is 19.3 Å². The fourth-order valence-corrected chi connectivity index (χ4v) is 2.76. The molecular formula is C17H27NO. The van der Waals surface area contributed by atoms with Crippen molar-refractivity contribution < 1.29 is 4.74 Å². The summed E-state index contributed by atoms with van der Waals surface area (Å²) in [6, 6.07) is 7.44. The van der Waals surface area contributed by atoms with E-state index in [2.05, 4.69) is 44.3 Å². The number of aryl methyl sites for hydroxylation is 2. The van der Waals surface area contributed by atoms with E-state index in [-0.39, 0.29) is 0 Å². The van der Waals surface area contributed by atoms with Crippen LogP contribution < -0.4 is 5.32 Å². The zero-order valence-corrected chi connectivity index (χ0v) is 12.5. The minimum Gasteiger partial charge on any atom is -0.379 e. The van der Waals surface area contributed by atoms with Crippen molar-refractivity contribution in [1.82, 2.24) is 5.32 Å². The molecular weight excluding hydrogens is 234 g/mol. The molecule has 2 rings (SSSR count). The molecule has 1 aromatic rings. The summed E-state index contributed by atoms with van der Waals surface area (Å²) in [6.07, 6.45) is 5.19. The van der Waals surface area contributed by atoms with E-state index in [4.69, 9.17) is 4.74 Å². The highest BCUT2D eigenvalue weighted by molar-refractivity contribution is 5.37.